The molecule has 0 spiro atoms. The van der Waals surface area contributed by atoms with Gasteiger partial charge in [0, 0.05) is 31.4 Å². The Morgan fingerprint density at radius 2 is 2.00 bits per heavy atom. The molecule has 1 aromatic heterocycles. The highest BCUT2D eigenvalue weighted by atomic mass is 15.2. The molecule has 0 aliphatic carbocycles. The van der Waals surface area contributed by atoms with Crippen LogP contribution in [0.5, 0.6) is 0 Å². The summed E-state index contributed by atoms with van der Waals surface area (Å²) in [6.45, 7) is 7.74. The van der Waals surface area contributed by atoms with E-state index >= 15 is 0 Å². The molecular formula is C15H30N4. The van der Waals surface area contributed by atoms with E-state index in [0.717, 1.165) is 13.1 Å². The minimum atomic E-state index is 0.616. The van der Waals surface area contributed by atoms with Crippen molar-refractivity contribution in [2.45, 2.75) is 52.1 Å². The van der Waals surface area contributed by atoms with E-state index < -0.39 is 0 Å². The predicted octanol–water partition coefficient (Wildman–Crippen LogP) is 2.41. The molecule has 0 fully saturated rings. The molecule has 4 nitrogen and oxygen atoms in total. The Labute approximate surface area is 118 Å². The molecule has 0 aliphatic rings. The Morgan fingerprint density at radius 3 is 2.63 bits per heavy atom. The highest BCUT2D eigenvalue weighted by molar-refractivity contribution is 5.02. The van der Waals surface area contributed by atoms with Gasteiger partial charge in [0.2, 0.25) is 0 Å². The van der Waals surface area contributed by atoms with Gasteiger partial charge in [-0.05, 0) is 33.0 Å². The molecule has 110 valence electrons. The first-order valence-electron chi connectivity index (χ1n) is 7.47. The largest absolute Gasteiger partial charge is 0.315 e. The molecule has 0 aliphatic heterocycles. The number of hydrogen-bond acceptors (Lipinski definition) is 3. The molecule has 0 radical (unpaired) electrons. The lowest BCUT2D eigenvalue weighted by atomic mass is 10.2. The minimum absolute atomic E-state index is 0.616. The van der Waals surface area contributed by atoms with Crippen molar-refractivity contribution in [3.63, 3.8) is 0 Å². The molecule has 0 unspecified atom stereocenters. The highest BCUT2D eigenvalue weighted by Gasteiger charge is 2.02. The van der Waals surface area contributed by atoms with Crippen molar-refractivity contribution in [3.8, 4) is 0 Å². The van der Waals surface area contributed by atoms with Crippen molar-refractivity contribution in [2.24, 2.45) is 7.05 Å². The summed E-state index contributed by atoms with van der Waals surface area (Å²) in [5, 5.41) is 7.66. The van der Waals surface area contributed by atoms with Crippen LogP contribution in [-0.4, -0.2) is 40.9 Å². The maximum absolute atomic E-state index is 4.20. The van der Waals surface area contributed by atoms with Crippen LogP contribution >= 0.6 is 0 Å². The summed E-state index contributed by atoms with van der Waals surface area (Å²) < 4.78 is 1.87. The number of nitrogens with zero attached hydrogens (tertiary/aromatic N) is 3. The van der Waals surface area contributed by atoms with Crippen molar-refractivity contribution in [1.29, 1.82) is 0 Å². The number of aryl methyl sites for hydroxylation is 1. The monoisotopic (exact) mass is 266 g/mol. The van der Waals surface area contributed by atoms with Gasteiger partial charge in [-0.3, -0.25) is 4.68 Å². The Balaban J connectivity index is 1.97. The number of unbranched alkanes of at least 4 members (excludes halogenated alkanes) is 3. The molecule has 1 aromatic rings. The van der Waals surface area contributed by atoms with E-state index in [0.29, 0.717) is 6.04 Å². The van der Waals surface area contributed by atoms with Crippen LogP contribution < -0.4 is 5.32 Å². The normalized spacial score (nSPS) is 11.7. The van der Waals surface area contributed by atoms with Gasteiger partial charge in [0.1, 0.15) is 0 Å². The molecule has 0 aromatic carbocycles. The maximum Gasteiger partial charge on any atom is 0.0534 e. The van der Waals surface area contributed by atoms with Crippen LogP contribution in [-0.2, 0) is 13.6 Å². The Bertz CT molecular complexity index is 333. The zero-order valence-corrected chi connectivity index (χ0v) is 13.0. The lowest BCUT2D eigenvalue weighted by Gasteiger charge is -2.15. The third-order valence-corrected chi connectivity index (χ3v) is 3.23. The molecule has 0 saturated carbocycles. The van der Waals surface area contributed by atoms with E-state index in [9.17, 15) is 0 Å². The van der Waals surface area contributed by atoms with Gasteiger partial charge in [-0.25, -0.2) is 0 Å². The summed E-state index contributed by atoms with van der Waals surface area (Å²) in [4.78, 5) is 2.38. The third kappa shape index (κ3) is 8.01. The van der Waals surface area contributed by atoms with E-state index in [4.69, 9.17) is 0 Å². The minimum Gasteiger partial charge on any atom is -0.315 e. The van der Waals surface area contributed by atoms with Gasteiger partial charge in [-0.15, -0.1) is 0 Å². The van der Waals surface area contributed by atoms with E-state index in [1.165, 1.54) is 37.8 Å². The average Bonchev–Trinajstić information content (AvgIpc) is 2.73. The summed E-state index contributed by atoms with van der Waals surface area (Å²) in [6.07, 6.45) is 9.29. The second kappa shape index (κ2) is 9.10. The summed E-state index contributed by atoms with van der Waals surface area (Å²) in [6, 6.07) is 0.616. The van der Waals surface area contributed by atoms with Gasteiger partial charge in [0.05, 0.1) is 6.20 Å². The summed E-state index contributed by atoms with van der Waals surface area (Å²) in [5.74, 6) is 0. The first-order valence-corrected chi connectivity index (χ1v) is 7.47. The SMILES string of the molecule is CC(C)NCCCCCCN(C)Cc1cnn(C)c1. The molecule has 1 N–H and O–H groups in total. The van der Waals surface area contributed by atoms with Gasteiger partial charge >= 0.3 is 0 Å². The summed E-state index contributed by atoms with van der Waals surface area (Å²) >= 11 is 0. The zero-order chi connectivity index (χ0) is 14.1. The van der Waals surface area contributed by atoms with Crippen molar-refractivity contribution < 1.29 is 0 Å². The quantitative estimate of drug-likeness (QED) is 0.660. The van der Waals surface area contributed by atoms with Gasteiger partial charge in [-0.1, -0.05) is 26.7 Å². The van der Waals surface area contributed by atoms with Gasteiger partial charge in [0.15, 0.2) is 0 Å². The number of aromatic nitrogens is 2. The van der Waals surface area contributed by atoms with Crippen molar-refractivity contribution in [2.75, 3.05) is 20.1 Å². The predicted molar refractivity (Wildman–Crippen MR) is 81.1 cm³/mol. The smallest absolute Gasteiger partial charge is 0.0534 e. The molecule has 0 atom stereocenters. The van der Waals surface area contributed by atoms with Gasteiger partial charge in [-0.2, -0.15) is 5.10 Å². The Hall–Kier alpha value is -0.870. The van der Waals surface area contributed by atoms with E-state index in [-0.39, 0.29) is 0 Å². The second-order valence-electron chi connectivity index (χ2n) is 5.78. The van der Waals surface area contributed by atoms with Crippen molar-refractivity contribution in [1.82, 2.24) is 20.0 Å². The molecule has 19 heavy (non-hydrogen) atoms. The maximum atomic E-state index is 4.20. The second-order valence-corrected chi connectivity index (χ2v) is 5.78. The topological polar surface area (TPSA) is 33.1 Å². The molecule has 0 bridgehead atoms. The van der Waals surface area contributed by atoms with Gasteiger partial charge in [0.25, 0.3) is 0 Å². The van der Waals surface area contributed by atoms with E-state index in [2.05, 4.69) is 42.4 Å². The van der Waals surface area contributed by atoms with Crippen molar-refractivity contribution in [3.05, 3.63) is 18.0 Å². The Kier molecular flexibility index (Phi) is 7.75. The third-order valence-electron chi connectivity index (χ3n) is 3.23. The number of rotatable bonds is 10. The van der Waals surface area contributed by atoms with Crippen molar-refractivity contribution >= 4 is 0 Å². The summed E-state index contributed by atoms with van der Waals surface area (Å²) in [7, 11) is 4.15. The molecular weight excluding hydrogens is 236 g/mol. The lowest BCUT2D eigenvalue weighted by Crippen LogP contribution is -2.23. The fraction of sp³-hybridized carbons (Fsp3) is 0.800. The zero-order valence-electron chi connectivity index (χ0n) is 13.0. The number of hydrogen-bond donors (Lipinski definition) is 1. The lowest BCUT2D eigenvalue weighted by molar-refractivity contribution is 0.316. The van der Waals surface area contributed by atoms with Crippen LogP contribution in [0.2, 0.25) is 0 Å². The Morgan fingerprint density at radius 1 is 1.26 bits per heavy atom. The fourth-order valence-corrected chi connectivity index (χ4v) is 2.20. The first kappa shape index (κ1) is 16.2. The number of nitrogens with one attached hydrogen (secondary N) is 1. The van der Waals surface area contributed by atoms with Crippen LogP contribution in [0, 0.1) is 0 Å². The van der Waals surface area contributed by atoms with Crippen LogP contribution in [0.1, 0.15) is 45.1 Å². The fourth-order valence-electron chi connectivity index (χ4n) is 2.20. The molecule has 0 amide bonds. The van der Waals surface area contributed by atoms with E-state index in [1.54, 1.807) is 0 Å². The average molecular weight is 266 g/mol. The molecule has 1 rings (SSSR count). The van der Waals surface area contributed by atoms with Crippen LogP contribution in [0.4, 0.5) is 0 Å². The molecule has 4 heteroatoms. The van der Waals surface area contributed by atoms with Crippen LogP contribution in [0.15, 0.2) is 12.4 Å². The van der Waals surface area contributed by atoms with Gasteiger partial charge < -0.3 is 10.2 Å². The molecule has 1 heterocycles. The van der Waals surface area contributed by atoms with Crippen LogP contribution in [0.3, 0.4) is 0 Å². The van der Waals surface area contributed by atoms with E-state index in [1.807, 2.05) is 17.9 Å². The highest BCUT2D eigenvalue weighted by Crippen LogP contribution is 2.04. The summed E-state index contributed by atoms with van der Waals surface area (Å²) in [5.41, 5.74) is 1.30. The van der Waals surface area contributed by atoms with Crippen LogP contribution in [0.25, 0.3) is 0 Å². The standard InChI is InChI=1S/C15H30N4/c1-14(2)16-9-7-5-6-8-10-18(3)12-15-11-17-19(4)13-15/h11,13-14,16H,5-10,12H2,1-4H3. The first-order chi connectivity index (χ1) is 9.08. The molecule has 0 saturated heterocycles.